The molecule has 3 nitrogen and oxygen atoms in total. The lowest BCUT2D eigenvalue weighted by atomic mass is 10.0. The Bertz CT molecular complexity index is 744. The highest BCUT2D eigenvalue weighted by molar-refractivity contribution is 5.99. The first-order chi connectivity index (χ1) is 7.77. The van der Waals surface area contributed by atoms with Gasteiger partial charge in [0.05, 0.1) is 17.2 Å². The summed E-state index contributed by atoms with van der Waals surface area (Å²) in [7, 11) is 0. The second-order valence-electron chi connectivity index (χ2n) is 3.85. The molecule has 0 atom stereocenters. The second-order valence-corrected chi connectivity index (χ2v) is 3.85. The molecule has 0 radical (unpaired) electrons. The molecule has 1 N–H and O–H groups in total. The minimum Gasteiger partial charge on any atom is -0.313 e. The van der Waals surface area contributed by atoms with Gasteiger partial charge in [-0.15, -0.1) is 0 Å². The van der Waals surface area contributed by atoms with Crippen LogP contribution < -0.4 is 5.56 Å². The molecule has 78 valence electrons. The summed E-state index contributed by atoms with van der Waals surface area (Å²) in [5, 5.41) is 2.87. The lowest BCUT2D eigenvalue weighted by Crippen LogP contribution is -2.06. The van der Waals surface area contributed by atoms with Crippen molar-refractivity contribution in [1.29, 1.82) is 0 Å². The molecule has 0 aliphatic carbocycles. The van der Waals surface area contributed by atoms with Crippen LogP contribution in [0, 0.1) is 6.92 Å². The van der Waals surface area contributed by atoms with Gasteiger partial charge < -0.3 is 4.98 Å². The summed E-state index contributed by atoms with van der Waals surface area (Å²) in [6.45, 7) is 2.00. The van der Waals surface area contributed by atoms with Gasteiger partial charge in [0.25, 0.3) is 5.56 Å². The van der Waals surface area contributed by atoms with Crippen molar-refractivity contribution in [3.05, 3.63) is 52.6 Å². The van der Waals surface area contributed by atoms with Crippen LogP contribution in [-0.2, 0) is 0 Å². The smallest absolute Gasteiger partial charge is 0.258 e. The van der Waals surface area contributed by atoms with Gasteiger partial charge in [-0.25, -0.2) is 4.98 Å². The number of hydrogen-bond acceptors (Lipinski definition) is 2. The predicted molar refractivity (Wildman–Crippen MR) is 64.6 cm³/mol. The summed E-state index contributed by atoms with van der Waals surface area (Å²) < 4.78 is 0. The zero-order chi connectivity index (χ0) is 11.1. The summed E-state index contributed by atoms with van der Waals surface area (Å²) in [5.74, 6) is 0. The van der Waals surface area contributed by atoms with Crippen LogP contribution >= 0.6 is 0 Å². The van der Waals surface area contributed by atoms with Crippen molar-refractivity contribution < 1.29 is 0 Å². The maximum absolute atomic E-state index is 11.7. The van der Waals surface area contributed by atoms with Crippen molar-refractivity contribution in [2.45, 2.75) is 6.92 Å². The largest absolute Gasteiger partial charge is 0.313 e. The van der Waals surface area contributed by atoms with Crippen LogP contribution in [0.25, 0.3) is 21.7 Å². The minimum absolute atomic E-state index is 0.0844. The van der Waals surface area contributed by atoms with E-state index in [0.717, 1.165) is 21.9 Å². The van der Waals surface area contributed by atoms with Crippen molar-refractivity contribution in [1.82, 2.24) is 9.97 Å². The molecule has 1 heterocycles. The summed E-state index contributed by atoms with van der Waals surface area (Å²) >= 11 is 0. The molecular formula is C13H10N2O. The zero-order valence-corrected chi connectivity index (χ0v) is 8.82. The molecule has 0 bridgehead atoms. The first-order valence-electron chi connectivity index (χ1n) is 5.13. The van der Waals surface area contributed by atoms with E-state index in [-0.39, 0.29) is 5.56 Å². The van der Waals surface area contributed by atoms with Crippen LogP contribution in [0.3, 0.4) is 0 Å². The van der Waals surface area contributed by atoms with Gasteiger partial charge in [-0.2, -0.15) is 0 Å². The Morgan fingerprint density at radius 1 is 1.19 bits per heavy atom. The monoisotopic (exact) mass is 210 g/mol. The van der Waals surface area contributed by atoms with Gasteiger partial charge in [0.1, 0.15) is 0 Å². The Morgan fingerprint density at radius 2 is 2.00 bits per heavy atom. The number of aromatic amines is 1. The number of H-pyrrole nitrogens is 1. The van der Waals surface area contributed by atoms with E-state index in [0.29, 0.717) is 5.39 Å². The highest BCUT2D eigenvalue weighted by Crippen LogP contribution is 2.23. The van der Waals surface area contributed by atoms with E-state index in [1.54, 1.807) is 0 Å². The van der Waals surface area contributed by atoms with Gasteiger partial charge in [0.2, 0.25) is 0 Å². The van der Waals surface area contributed by atoms with E-state index in [1.165, 1.54) is 6.33 Å². The van der Waals surface area contributed by atoms with Crippen LogP contribution in [0.15, 0.2) is 41.5 Å². The Kier molecular flexibility index (Phi) is 1.80. The standard InChI is InChI=1S/C13H10N2O/c1-8-10-5-3-2-4-9(10)6-11-12(8)14-7-15-13(11)16/h2-7H,1H3,(H,14,15,16). The van der Waals surface area contributed by atoms with Crippen LogP contribution in [0.4, 0.5) is 0 Å². The maximum Gasteiger partial charge on any atom is 0.258 e. The van der Waals surface area contributed by atoms with Gasteiger partial charge in [0, 0.05) is 0 Å². The Hall–Kier alpha value is -2.16. The molecule has 3 heteroatoms. The second kappa shape index (κ2) is 3.17. The molecule has 0 amide bonds. The Morgan fingerprint density at radius 3 is 2.88 bits per heavy atom. The molecule has 0 aliphatic rings. The first kappa shape index (κ1) is 9.09. The van der Waals surface area contributed by atoms with E-state index in [2.05, 4.69) is 9.97 Å². The summed E-state index contributed by atoms with van der Waals surface area (Å²) in [4.78, 5) is 18.5. The van der Waals surface area contributed by atoms with Crippen LogP contribution in [0.2, 0.25) is 0 Å². The third kappa shape index (κ3) is 1.15. The van der Waals surface area contributed by atoms with Crippen LogP contribution in [-0.4, -0.2) is 9.97 Å². The van der Waals surface area contributed by atoms with E-state index >= 15 is 0 Å². The fourth-order valence-electron chi connectivity index (χ4n) is 2.09. The van der Waals surface area contributed by atoms with Crippen molar-refractivity contribution in [2.75, 3.05) is 0 Å². The third-order valence-corrected chi connectivity index (χ3v) is 2.91. The number of nitrogens with one attached hydrogen (secondary N) is 1. The highest BCUT2D eigenvalue weighted by Gasteiger charge is 2.06. The molecule has 0 fully saturated rings. The van der Waals surface area contributed by atoms with E-state index in [1.807, 2.05) is 37.3 Å². The lowest BCUT2D eigenvalue weighted by molar-refractivity contribution is 1.17. The van der Waals surface area contributed by atoms with Gasteiger partial charge in [0.15, 0.2) is 0 Å². The van der Waals surface area contributed by atoms with Gasteiger partial charge in [-0.1, -0.05) is 24.3 Å². The lowest BCUT2D eigenvalue weighted by Gasteiger charge is -2.05. The summed E-state index contributed by atoms with van der Waals surface area (Å²) in [6, 6.07) is 9.91. The number of benzene rings is 2. The van der Waals surface area contributed by atoms with E-state index in [9.17, 15) is 4.79 Å². The average molecular weight is 210 g/mol. The maximum atomic E-state index is 11.7. The molecule has 3 rings (SSSR count). The van der Waals surface area contributed by atoms with Crippen molar-refractivity contribution in [2.24, 2.45) is 0 Å². The minimum atomic E-state index is -0.0844. The third-order valence-electron chi connectivity index (χ3n) is 2.91. The molecular weight excluding hydrogens is 200 g/mol. The molecule has 0 spiro atoms. The summed E-state index contributed by atoms with van der Waals surface area (Å²) in [6.07, 6.45) is 1.45. The zero-order valence-electron chi connectivity index (χ0n) is 8.82. The Labute approximate surface area is 91.8 Å². The van der Waals surface area contributed by atoms with Gasteiger partial charge >= 0.3 is 0 Å². The molecule has 16 heavy (non-hydrogen) atoms. The molecule has 0 saturated heterocycles. The molecule has 0 unspecified atom stereocenters. The SMILES string of the molecule is Cc1c2ccccc2cc2c(=O)[nH]cnc12. The van der Waals surface area contributed by atoms with E-state index in [4.69, 9.17) is 0 Å². The molecule has 1 aromatic heterocycles. The molecule has 0 aliphatic heterocycles. The van der Waals surface area contributed by atoms with Crippen molar-refractivity contribution in [3.8, 4) is 0 Å². The number of nitrogens with zero attached hydrogens (tertiary/aromatic N) is 1. The highest BCUT2D eigenvalue weighted by atomic mass is 16.1. The number of hydrogen-bond donors (Lipinski definition) is 1. The average Bonchev–Trinajstić information content (AvgIpc) is 2.31. The Balaban J connectivity index is 2.66. The van der Waals surface area contributed by atoms with E-state index < -0.39 is 0 Å². The molecule has 3 aromatic rings. The first-order valence-corrected chi connectivity index (χ1v) is 5.13. The number of aromatic nitrogens is 2. The van der Waals surface area contributed by atoms with Gasteiger partial charge in [-0.05, 0) is 29.3 Å². The predicted octanol–water partition coefficient (Wildman–Crippen LogP) is 2.38. The normalized spacial score (nSPS) is 11.1. The topological polar surface area (TPSA) is 45.8 Å². The van der Waals surface area contributed by atoms with Crippen LogP contribution in [0.1, 0.15) is 5.56 Å². The number of fused-ring (bicyclic) bond motifs is 2. The quantitative estimate of drug-likeness (QED) is 0.579. The molecule has 0 saturated carbocycles. The summed E-state index contributed by atoms with van der Waals surface area (Å²) in [5.41, 5.74) is 1.75. The fourth-order valence-corrected chi connectivity index (χ4v) is 2.09. The van der Waals surface area contributed by atoms with Crippen LogP contribution in [0.5, 0.6) is 0 Å². The fraction of sp³-hybridized carbons (Fsp3) is 0.0769. The number of rotatable bonds is 0. The van der Waals surface area contributed by atoms with Crippen molar-refractivity contribution in [3.63, 3.8) is 0 Å². The molecule has 2 aromatic carbocycles. The van der Waals surface area contributed by atoms with Gasteiger partial charge in [-0.3, -0.25) is 4.79 Å². The number of aryl methyl sites for hydroxylation is 1. The van der Waals surface area contributed by atoms with Crippen molar-refractivity contribution >= 4 is 21.7 Å².